The number of ether oxygens (including phenoxy) is 1. The van der Waals surface area contributed by atoms with Crippen molar-refractivity contribution in [1.29, 1.82) is 0 Å². The van der Waals surface area contributed by atoms with Gasteiger partial charge in [-0.3, -0.25) is 9.89 Å². The molecule has 0 radical (unpaired) electrons. The number of hydrogen-bond donors (Lipinski definition) is 0. The average molecular weight is 255 g/mol. The summed E-state index contributed by atoms with van der Waals surface area (Å²) in [7, 11) is 3.93. The summed E-state index contributed by atoms with van der Waals surface area (Å²) in [5, 5.41) is 0. The van der Waals surface area contributed by atoms with Crippen LogP contribution in [0, 0.1) is 0 Å². The van der Waals surface area contributed by atoms with Gasteiger partial charge in [0.15, 0.2) is 0 Å². The minimum atomic E-state index is 0.843. The molecule has 0 bridgehead atoms. The Morgan fingerprint density at radius 2 is 2.00 bits per heavy atom. The Morgan fingerprint density at radius 3 is 2.50 bits per heavy atom. The Labute approximate surface area is 112 Å². The smallest absolute Gasteiger partial charge is 0.102 e. The molecule has 1 aliphatic heterocycles. The molecule has 1 aliphatic rings. The van der Waals surface area contributed by atoms with E-state index in [0.717, 1.165) is 51.6 Å². The predicted octanol–water partition coefficient (Wildman–Crippen LogP) is 1.88. The summed E-state index contributed by atoms with van der Waals surface area (Å²) in [5.74, 6) is 1.10. The Morgan fingerprint density at radius 1 is 1.39 bits per heavy atom. The first kappa shape index (κ1) is 17.1. The second-order valence-corrected chi connectivity index (χ2v) is 4.01. The standard InChI is InChI=1S/C12H23N3O.C2H6/c1-4-5-12(13-2)14(3)6-7-15-8-10-16-11-9-15;1-2/h4H,1,5-11H2,2-3H3;1-2H3. The molecule has 0 spiro atoms. The Balaban J connectivity index is 0.00000137. The van der Waals surface area contributed by atoms with E-state index < -0.39 is 0 Å². The van der Waals surface area contributed by atoms with Crippen LogP contribution in [0.15, 0.2) is 17.6 Å². The van der Waals surface area contributed by atoms with Crippen LogP contribution in [0.1, 0.15) is 20.3 Å². The Kier molecular flexibility index (Phi) is 10.7. The quantitative estimate of drug-likeness (QED) is 0.426. The van der Waals surface area contributed by atoms with Gasteiger partial charge >= 0.3 is 0 Å². The summed E-state index contributed by atoms with van der Waals surface area (Å²) < 4.78 is 5.32. The van der Waals surface area contributed by atoms with Crippen molar-refractivity contribution in [2.24, 2.45) is 4.99 Å². The average Bonchev–Trinajstić information content (AvgIpc) is 2.45. The van der Waals surface area contributed by atoms with Crippen molar-refractivity contribution in [1.82, 2.24) is 9.80 Å². The van der Waals surface area contributed by atoms with Crippen LogP contribution >= 0.6 is 0 Å². The van der Waals surface area contributed by atoms with Gasteiger partial charge in [-0.15, -0.1) is 6.58 Å². The molecule has 0 aromatic rings. The van der Waals surface area contributed by atoms with E-state index in [0.29, 0.717) is 0 Å². The van der Waals surface area contributed by atoms with Crippen LogP contribution < -0.4 is 0 Å². The molecular formula is C14H29N3O. The first-order chi connectivity index (χ1) is 8.77. The minimum absolute atomic E-state index is 0.843. The molecule has 0 unspecified atom stereocenters. The van der Waals surface area contributed by atoms with E-state index in [4.69, 9.17) is 4.74 Å². The van der Waals surface area contributed by atoms with Gasteiger partial charge in [-0.25, -0.2) is 0 Å². The van der Waals surface area contributed by atoms with Gasteiger partial charge in [0, 0.05) is 46.7 Å². The van der Waals surface area contributed by atoms with E-state index >= 15 is 0 Å². The van der Waals surface area contributed by atoms with Crippen LogP contribution in [0.3, 0.4) is 0 Å². The molecule has 4 heteroatoms. The zero-order valence-electron chi connectivity index (χ0n) is 12.5. The van der Waals surface area contributed by atoms with E-state index in [1.54, 1.807) is 0 Å². The van der Waals surface area contributed by atoms with Crippen molar-refractivity contribution in [2.75, 3.05) is 53.5 Å². The summed E-state index contributed by atoms with van der Waals surface area (Å²) >= 11 is 0. The van der Waals surface area contributed by atoms with Crippen LogP contribution in [0.5, 0.6) is 0 Å². The largest absolute Gasteiger partial charge is 0.379 e. The number of amidine groups is 1. The number of rotatable bonds is 5. The second-order valence-electron chi connectivity index (χ2n) is 4.01. The van der Waals surface area contributed by atoms with E-state index in [9.17, 15) is 0 Å². The van der Waals surface area contributed by atoms with Crippen LogP contribution in [-0.2, 0) is 4.74 Å². The number of hydrogen-bond acceptors (Lipinski definition) is 3. The topological polar surface area (TPSA) is 28.1 Å². The third kappa shape index (κ3) is 6.77. The fraction of sp³-hybridized carbons (Fsp3) is 0.786. The molecule has 0 aromatic carbocycles. The molecule has 106 valence electrons. The van der Waals surface area contributed by atoms with Gasteiger partial charge in [-0.05, 0) is 0 Å². The molecule has 1 saturated heterocycles. The van der Waals surface area contributed by atoms with Crippen molar-refractivity contribution in [3.8, 4) is 0 Å². The zero-order valence-corrected chi connectivity index (χ0v) is 12.5. The highest BCUT2D eigenvalue weighted by Gasteiger charge is 2.11. The zero-order chi connectivity index (χ0) is 13.8. The Hall–Kier alpha value is -0.870. The van der Waals surface area contributed by atoms with Crippen molar-refractivity contribution >= 4 is 5.84 Å². The highest BCUT2D eigenvalue weighted by Crippen LogP contribution is 1.99. The Bertz CT molecular complexity index is 235. The molecule has 1 fully saturated rings. The van der Waals surface area contributed by atoms with Gasteiger partial charge in [0.2, 0.25) is 0 Å². The number of aliphatic imine (C=N–C) groups is 1. The monoisotopic (exact) mass is 255 g/mol. The van der Waals surface area contributed by atoms with Crippen LogP contribution in [0.4, 0.5) is 0 Å². The molecule has 4 nitrogen and oxygen atoms in total. The van der Waals surface area contributed by atoms with Gasteiger partial charge in [0.25, 0.3) is 0 Å². The molecule has 18 heavy (non-hydrogen) atoms. The summed E-state index contributed by atoms with van der Waals surface area (Å²) in [6.07, 6.45) is 2.74. The van der Waals surface area contributed by atoms with Gasteiger partial charge in [0.1, 0.15) is 5.84 Å². The molecule has 0 aliphatic carbocycles. The summed E-state index contributed by atoms with van der Waals surface area (Å²) in [6.45, 7) is 13.7. The fourth-order valence-electron chi connectivity index (χ4n) is 1.79. The number of likely N-dealkylation sites (N-methyl/N-ethyl adjacent to an activating group) is 1. The normalized spacial score (nSPS) is 16.8. The fourth-order valence-corrected chi connectivity index (χ4v) is 1.79. The van der Waals surface area contributed by atoms with Gasteiger partial charge < -0.3 is 9.64 Å². The second kappa shape index (κ2) is 11.2. The van der Waals surface area contributed by atoms with Gasteiger partial charge in [-0.2, -0.15) is 0 Å². The SMILES string of the molecule is C=CCC(=NC)N(C)CCN1CCOCC1.CC. The molecule has 0 amide bonds. The molecule has 0 atom stereocenters. The summed E-state index contributed by atoms with van der Waals surface area (Å²) in [6, 6.07) is 0. The van der Waals surface area contributed by atoms with Gasteiger partial charge in [0.05, 0.1) is 13.2 Å². The lowest BCUT2D eigenvalue weighted by Crippen LogP contribution is -2.41. The van der Waals surface area contributed by atoms with E-state index in [1.165, 1.54) is 0 Å². The molecular weight excluding hydrogens is 226 g/mol. The van der Waals surface area contributed by atoms with Crippen molar-refractivity contribution in [2.45, 2.75) is 20.3 Å². The predicted molar refractivity (Wildman–Crippen MR) is 79.4 cm³/mol. The van der Waals surface area contributed by atoms with E-state index in [1.807, 2.05) is 27.0 Å². The highest BCUT2D eigenvalue weighted by molar-refractivity contribution is 5.83. The lowest BCUT2D eigenvalue weighted by Gasteiger charge is -2.29. The van der Waals surface area contributed by atoms with Crippen LogP contribution in [0.25, 0.3) is 0 Å². The van der Waals surface area contributed by atoms with Crippen molar-refractivity contribution in [3.05, 3.63) is 12.7 Å². The maximum atomic E-state index is 5.32. The molecule has 0 saturated carbocycles. The molecule has 0 aromatic heterocycles. The summed E-state index contributed by atoms with van der Waals surface area (Å²) in [5.41, 5.74) is 0. The molecule has 1 rings (SSSR count). The number of morpholine rings is 1. The van der Waals surface area contributed by atoms with Crippen LogP contribution in [-0.4, -0.2) is 69.1 Å². The lowest BCUT2D eigenvalue weighted by atomic mass is 10.3. The maximum Gasteiger partial charge on any atom is 0.102 e. The molecule has 0 N–H and O–H groups in total. The molecule has 1 heterocycles. The van der Waals surface area contributed by atoms with Crippen molar-refractivity contribution < 1.29 is 4.74 Å². The van der Waals surface area contributed by atoms with Crippen LogP contribution in [0.2, 0.25) is 0 Å². The van der Waals surface area contributed by atoms with E-state index in [-0.39, 0.29) is 0 Å². The first-order valence-corrected chi connectivity index (χ1v) is 6.85. The third-order valence-electron chi connectivity index (χ3n) is 2.88. The lowest BCUT2D eigenvalue weighted by molar-refractivity contribution is 0.0365. The minimum Gasteiger partial charge on any atom is -0.379 e. The van der Waals surface area contributed by atoms with Gasteiger partial charge in [-0.1, -0.05) is 19.9 Å². The first-order valence-electron chi connectivity index (χ1n) is 6.85. The summed E-state index contributed by atoms with van der Waals surface area (Å²) in [4.78, 5) is 8.91. The number of nitrogens with zero attached hydrogens (tertiary/aromatic N) is 3. The van der Waals surface area contributed by atoms with E-state index in [2.05, 4.69) is 28.4 Å². The van der Waals surface area contributed by atoms with Crippen molar-refractivity contribution in [3.63, 3.8) is 0 Å². The third-order valence-corrected chi connectivity index (χ3v) is 2.88. The highest BCUT2D eigenvalue weighted by atomic mass is 16.5. The maximum absolute atomic E-state index is 5.32.